The maximum Gasteiger partial charge on any atom is 0.234 e. The summed E-state index contributed by atoms with van der Waals surface area (Å²) in [7, 11) is 1.85. The molecule has 0 amide bonds. The number of aromatic nitrogens is 3. The van der Waals surface area contributed by atoms with Crippen molar-refractivity contribution in [3.8, 4) is 5.75 Å². The van der Waals surface area contributed by atoms with Gasteiger partial charge in [0.1, 0.15) is 12.1 Å². The number of halogens is 1. The first-order chi connectivity index (χ1) is 11.1. The van der Waals surface area contributed by atoms with Crippen LogP contribution in [0.2, 0.25) is 5.02 Å². The molecule has 2 aromatic carbocycles. The number of rotatable bonds is 4. The molecule has 0 unspecified atom stereocenters. The third-order valence-electron chi connectivity index (χ3n) is 3.18. The fourth-order valence-corrected chi connectivity index (χ4v) is 2.17. The van der Waals surface area contributed by atoms with Crippen molar-refractivity contribution in [1.29, 1.82) is 0 Å². The summed E-state index contributed by atoms with van der Waals surface area (Å²) in [4.78, 5) is 14.5. The molecule has 0 aliphatic heterocycles. The van der Waals surface area contributed by atoms with Crippen LogP contribution in [-0.4, -0.2) is 27.1 Å². The topological polar surface area (TPSA) is 74.2 Å². The molecule has 0 spiro atoms. The fraction of sp³-hybridized carbons (Fsp3) is 0.0625. The highest BCUT2D eigenvalue weighted by Crippen LogP contribution is 2.24. The molecule has 0 bridgehead atoms. The quantitative estimate of drug-likeness (QED) is 0.711. The number of hydrogen-bond donors (Lipinski definition) is 2. The summed E-state index contributed by atoms with van der Waals surface area (Å²) >= 11 is 6.02. The highest BCUT2D eigenvalue weighted by Gasteiger charge is 2.09. The van der Waals surface area contributed by atoms with Gasteiger partial charge in [0.05, 0.1) is 0 Å². The van der Waals surface area contributed by atoms with Crippen molar-refractivity contribution >= 4 is 34.9 Å². The number of benzene rings is 2. The van der Waals surface area contributed by atoms with Gasteiger partial charge in [-0.15, -0.1) is 0 Å². The molecule has 0 saturated carbocycles. The van der Waals surface area contributed by atoms with Crippen molar-refractivity contribution in [2.45, 2.75) is 0 Å². The van der Waals surface area contributed by atoms with E-state index in [0.29, 0.717) is 16.9 Å². The summed E-state index contributed by atoms with van der Waals surface area (Å²) < 4.78 is 0. The zero-order valence-corrected chi connectivity index (χ0v) is 13.1. The van der Waals surface area contributed by atoms with Crippen LogP contribution < -0.4 is 10.2 Å². The molecular formula is C16H14ClN5O. The van der Waals surface area contributed by atoms with Crippen LogP contribution in [0, 0.1) is 0 Å². The Hall–Kier alpha value is -2.86. The normalized spacial score (nSPS) is 10.3. The second kappa shape index (κ2) is 6.50. The minimum absolute atomic E-state index is 0.201. The maximum atomic E-state index is 9.30. The molecule has 0 fully saturated rings. The van der Waals surface area contributed by atoms with Gasteiger partial charge in [-0.1, -0.05) is 17.7 Å². The number of nitrogens with one attached hydrogen (secondary N) is 1. The van der Waals surface area contributed by atoms with E-state index >= 15 is 0 Å². The minimum Gasteiger partial charge on any atom is -0.508 e. The Labute approximate surface area is 138 Å². The van der Waals surface area contributed by atoms with Gasteiger partial charge >= 0.3 is 0 Å². The van der Waals surface area contributed by atoms with Gasteiger partial charge in [-0.25, -0.2) is 9.97 Å². The molecule has 23 heavy (non-hydrogen) atoms. The Balaban J connectivity index is 1.83. The van der Waals surface area contributed by atoms with Crippen LogP contribution in [0.5, 0.6) is 5.75 Å². The van der Waals surface area contributed by atoms with Crippen LogP contribution in [0.25, 0.3) is 0 Å². The van der Waals surface area contributed by atoms with Gasteiger partial charge in [0.2, 0.25) is 11.9 Å². The van der Waals surface area contributed by atoms with E-state index in [9.17, 15) is 5.11 Å². The second-order valence-corrected chi connectivity index (χ2v) is 5.26. The average Bonchev–Trinajstić information content (AvgIpc) is 2.56. The van der Waals surface area contributed by atoms with Crippen LogP contribution >= 0.6 is 11.6 Å². The second-order valence-electron chi connectivity index (χ2n) is 4.82. The maximum absolute atomic E-state index is 9.30. The predicted molar refractivity (Wildman–Crippen MR) is 90.7 cm³/mol. The first kappa shape index (κ1) is 15.1. The summed E-state index contributed by atoms with van der Waals surface area (Å²) in [5, 5.41) is 13.0. The lowest BCUT2D eigenvalue weighted by Gasteiger charge is -2.17. The zero-order valence-electron chi connectivity index (χ0n) is 12.3. The number of phenols is 1. The first-order valence-corrected chi connectivity index (χ1v) is 7.24. The van der Waals surface area contributed by atoms with E-state index in [1.807, 2.05) is 36.2 Å². The summed E-state index contributed by atoms with van der Waals surface area (Å²) in [6, 6.07) is 14.1. The summed E-state index contributed by atoms with van der Waals surface area (Å²) in [6.45, 7) is 0. The Bertz CT molecular complexity index is 810. The molecule has 0 atom stereocenters. The van der Waals surface area contributed by atoms with Gasteiger partial charge in [0, 0.05) is 23.4 Å². The number of phenolic OH excluding ortho intramolecular Hbond substituents is 1. The zero-order chi connectivity index (χ0) is 16.2. The molecule has 2 N–H and O–H groups in total. The molecule has 3 aromatic rings. The highest BCUT2D eigenvalue weighted by molar-refractivity contribution is 6.30. The van der Waals surface area contributed by atoms with E-state index in [2.05, 4.69) is 20.3 Å². The molecule has 116 valence electrons. The third-order valence-corrected chi connectivity index (χ3v) is 3.41. The number of anilines is 4. The highest BCUT2D eigenvalue weighted by atomic mass is 35.5. The monoisotopic (exact) mass is 327 g/mol. The van der Waals surface area contributed by atoms with E-state index in [1.54, 1.807) is 24.3 Å². The van der Waals surface area contributed by atoms with Gasteiger partial charge in [-0.05, 0) is 42.5 Å². The van der Waals surface area contributed by atoms with Crippen molar-refractivity contribution in [3.05, 3.63) is 59.9 Å². The molecule has 6 nitrogen and oxygen atoms in total. The number of hydrogen-bond acceptors (Lipinski definition) is 6. The van der Waals surface area contributed by atoms with E-state index in [4.69, 9.17) is 11.6 Å². The van der Waals surface area contributed by atoms with Crippen LogP contribution in [0.1, 0.15) is 0 Å². The average molecular weight is 328 g/mol. The van der Waals surface area contributed by atoms with Crippen LogP contribution in [0.4, 0.5) is 23.3 Å². The predicted octanol–water partition coefficient (Wildman–Crippen LogP) is 3.74. The minimum atomic E-state index is 0.201. The first-order valence-electron chi connectivity index (χ1n) is 6.86. The van der Waals surface area contributed by atoms with Crippen molar-refractivity contribution in [2.75, 3.05) is 17.3 Å². The van der Waals surface area contributed by atoms with Crippen LogP contribution in [0.3, 0.4) is 0 Å². The van der Waals surface area contributed by atoms with Gasteiger partial charge in [0.15, 0.2) is 0 Å². The van der Waals surface area contributed by atoms with Crippen molar-refractivity contribution in [2.24, 2.45) is 0 Å². The summed E-state index contributed by atoms with van der Waals surface area (Å²) in [5.41, 5.74) is 1.64. The van der Waals surface area contributed by atoms with Crippen molar-refractivity contribution in [3.63, 3.8) is 0 Å². The van der Waals surface area contributed by atoms with Crippen molar-refractivity contribution in [1.82, 2.24) is 15.0 Å². The Kier molecular flexibility index (Phi) is 4.25. The Morgan fingerprint density at radius 1 is 1.09 bits per heavy atom. The van der Waals surface area contributed by atoms with Gasteiger partial charge in [0.25, 0.3) is 0 Å². The number of nitrogens with zero attached hydrogens (tertiary/aromatic N) is 4. The summed E-state index contributed by atoms with van der Waals surface area (Å²) in [5.74, 6) is 1.10. The molecule has 7 heteroatoms. The lowest BCUT2D eigenvalue weighted by atomic mass is 10.3. The van der Waals surface area contributed by atoms with Crippen LogP contribution in [-0.2, 0) is 0 Å². The summed E-state index contributed by atoms with van der Waals surface area (Å²) in [6.07, 6.45) is 1.44. The number of aromatic hydroxyl groups is 1. The third kappa shape index (κ3) is 3.67. The van der Waals surface area contributed by atoms with Gasteiger partial charge < -0.3 is 15.3 Å². The molecule has 0 saturated heterocycles. The molecule has 1 aromatic heterocycles. The molecule has 0 radical (unpaired) electrons. The lowest BCUT2D eigenvalue weighted by Crippen LogP contribution is -2.14. The Morgan fingerprint density at radius 3 is 2.61 bits per heavy atom. The van der Waals surface area contributed by atoms with Crippen LogP contribution in [0.15, 0.2) is 54.9 Å². The Morgan fingerprint density at radius 2 is 1.87 bits per heavy atom. The fourth-order valence-electron chi connectivity index (χ4n) is 1.98. The molecule has 0 aliphatic rings. The van der Waals surface area contributed by atoms with E-state index in [1.165, 1.54) is 6.33 Å². The van der Waals surface area contributed by atoms with Gasteiger partial charge in [-0.3, -0.25) is 0 Å². The standard InChI is InChI=1S/C16H14ClN5O/c1-22(13-4-2-3-11(17)9-13)16-19-10-18-15(21-16)20-12-5-7-14(23)8-6-12/h2-10,23H,1H3,(H,18,19,20,21). The smallest absolute Gasteiger partial charge is 0.234 e. The molecular weight excluding hydrogens is 314 g/mol. The molecule has 1 heterocycles. The lowest BCUT2D eigenvalue weighted by molar-refractivity contribution is 0.475. The molecule has 3 rings (SSSR count). The van der Waals surface area contributed by atoms with E-state index in [-0.39, 0.29) is 5.75 Å². The van der Waals surface area contributed by atoms with E-state index < -0.39 is 0 Å². The largest absolute Gasteiger partial charge is 0.508 e. The van der Waals surface area contributed by atoms with Crippen molar-refractivity contribution < 1.29 is 5.11 Å². The SMILES string of the molecule is CN(c1cccc(Cl)c1)c1ncnc(Nc2ccc(O)cc2)n1. The van der Waals surface area contributed by atoms with E-state index in [0.717, 1.165) is 11.4 Å². The van der Waals surface area contributed by atoms with Gasteiger partial charge in [-0.2, -0.15) is 4.98 Å². The molecule has 0 aliphatic carbocycles.